The Morgan fingerprint density at radius 1 is 1.80 bits per heavy atom. The summed E-state index contributed by atoms with van der Waals surface area (Å²) in [7, 11) is 0. The van der Waals surface area contributed by atoms with Crippen LogP contribution in [0, 0.1) is 0 Å². The SMILES string of the molecule is O=C(c1cn[nH]c1)N1CCOCC1CO. The largest absolute Gasteiger partial charge is 0.394 e. The molecule has 0 aromatic carbocycles. The number of aromatic amines is 1. The summed E-state index contributed by atoms with van der Waals surface area (Å²) < 4.78 is 5.19. The van der Waals surface area contributed by atoms with Crippen molar-refractivity contribution in [1.82, 2.24) is 15.1 Å². The lowest BCUT2D eigenvalue weighted by Crippen LogP contribution is -2.50. The molecule has 1 amide bonds. The molecule has 15 heavy (non-hydrogen) atoms. The van der Waals surface area contributed by atoms with Crippen LogP contribution >= 0.6 is 0 Å². The number of amides is 1. The Morgan fingerprint density at radius 2 is 2.67 bits per heavy atom. The van der Waals surface area contributed by atoms with Crippen LogP contribution in [-0.4, -0.2) is 58.5 Å². The predicted molar refractivity (Wildman–Crippen MR) is 51.3 cm³/mol. The smallest absolute Gasteiger partial charge is 0.257 e. The molecular formula is C9H13N3O3. The Bertz CT molecular complexity index is 325. The molecular weight excluding hydrogens is 198 g/mol. The van der Waals surface area contributed by atoms with Gasteiger partial charge in [-0.3, -0.25) is 9.89 Å². The summed E-state index contributed by atoms with van der Waals surface area (Å²) in [5, 5.41) is 15.4. The normalized spacial score (nSPS) is 21.7. The molecule has 6 heteroatoms. The molecule has 1 aliphatic rings. The van der Waals surface area contributed by atoms with Gasteiger partial charge in [-0.2, -0.15) is 5.10 Å². The first-order valence-corrected chi connectivity index (χ1v) is 4.81. The third-order valence-electron chi connectivity index (χ3n) is 2.44. The second-order valence-electron chi connectivity index (χ2n) is 3.40. The molecule has 1 atom stereocenters. The van der Waals surface area contributed by atoms with Crippen molar-refractivity contribution < 1.29 is 14.6 Å². The van der Waals surface area contributed by atoms with E-state index in [4.69, 9.17) is 9.84 Å². The van der Waals surface area contributed by atoms with Gasteiger partial charge in [-0.15, -0.1) is 0 Å². The highest BCUT2D eigenvalue weighted by Gasteiger charge is 2.27. The Labute approximate surface area is 86.8 Å². The summed E-state index contributed by atoms with van der Waals surface area (Å²) >= 11 is 0. The number of aliphatic hydroxyl groups excluding tert-OH is 1. The number of nitrogens with zero attached hydrogens (tertiary/aromatic N) is 2. The lowest BCUT2D eigenvalue weighted by molar-refractivity contribution is -0.0183. The van der Waals surface area contributed by atoms with Gasteiger partial charge >= 0.3 is 0 Å². The number of H-pyrrole nitrogens is 1. The fourth-order valence-electron chi connectivity index (χ4n) is 1.61. The molecule has 6 nitrogen and oxygen atoms in total. The van der Waals surface area contributed by atoms with Gasteiger partial charge in [0.2, 0.25) is 0 Å². The topological polar surface area (TPSA) is 78.5 Å². The van der Waals surface area contributed by atoms with Gasteiger partial charge in [0.15, 0.2) is 0 Å². The first-order chi connectivity index (χ1) is 7.33. The number of morpholine rings is 1. The number of rotatable bonds is 2. The maximum Gasteiger partial charge on any atom is 0.257 e. The Kier molecular flexibility index (Phi) is 2.98. The maximum absolute atomic E-state index is 11.9. The van der Waals surface area contributed by atoms with Gasteiger partial charge in [0, 0.05) is 12.7 Å². The van der Waals surface area contributed by atoms with Crippen molar-refractivity contribution in [2.24, 2.45) is 0 Å². The minimum absolute atomic E-state index is 0.0798. The predicted octanol–water partition coefficient (Wildman–Crippen LogP) is -0.757. The first kappa shape index (κ1) is 10.1. The highest BCUT2D eigenvalue weighted by Crippen LogP contribution is 2.11. The van der Waals surface area contributed by atoms with Crippen LogP contribution in [-0.2, 0) is 4.74 Å². The third kappa shape index (κ3) is 2.00. The molecule has 0 spiro atoms. The van der Waals surface area contributed by atoms with E-state index in [9.17, 15) is 4.79 Å². The van der Waals surface area contributed by atoms with Crippen LogP contribution in [0.1, 0.15) is 10.4 Å². The molecule has 1 unspecified atom stereocenters. The summed E-state index contributed by atoms with van der Waals surface area (Å²) in [5.74, 6) is -0.119. The summed E-state index contributed by atoms with van der Waals surface area (Å²) in [5.41, 5.74) is 0.510. The van der Waals surface area contributed by atoms with Gasteiger partial charge in [-0.1, -0.05) is 0 Å². The zero-order valence-corrected chi connectivity index (χ0v) is 8.22. The molecule has 0 bridgehead atoms. The van der Waals surface area contributed by atoms with Crippen molar-refractivity contribution in [3.63, 3.8) is 0 Å². The monoisotopic (exact) mass is 211 g/mol. The van der Waals surface area contributed by atoms with Crippen molar-refractivity contribution >= 4 is 5.91 Å². The van der Waals surface area contributed by atoms with E-state index in [2.05, 4.69) is 10.2 Å². The van der Waals surface area contributed by atoms with E-state index >= 15 is 0 Å². The fourth-order valence-corrected chi connectivity index (χ4v) is 1.61. The average Bonchev–Trinajstić information content (AvgIpc) is 2.81. The number of carbonyl (C=O) groups excluding carboxylic acids is 1. The first-order valence-electron chi connectivity index (χ1n) is 4.81. The van der Waals surface area contributed by atoms with Crippen molar-refractivity contribution in [1.29, 1.82) is 0 Å². The van der Waals surface area contributed by atoms with Gasteiger partial charge in [-0.25, -0.2) is 0 Å². The number of carbonyl (C=O) groups is 1. The standard InChI is InChI=1S/C9H13N3O3/c13-5-8-6-15-2-1-12(8)9(14)7-3-10-11-4-7/h3-4,8,13H,1-2,5-6H2,(H,10,11). The van der Waals surface area contributed by atoms with Crippen molar-refractivity contribution in [3.8, 4) is 0 Å². The van der Waals surface area contributed by atoms with Gasteiger partial charge in [0.05, 0.1) is 37.6 Å². The number of nitrogens with one attached hydrogen (secondary N) is 1. The Morgan fingerprint density at radius 3 is 3.33 bits per heavy atom. The van der Waals surface area contributed by atoms with E-state index < -0.39 is 0 Å². The molecule has 0 saturated carbocycles. The van der Waals surface area contributed by atoms with E-state index in [1.165, 1.54) is 6.20 Å². The van der Waals surface area contributed by atoms with Crippen LogP contribution < -0.4 is 0 Å². The zero-order chi connectivity index (χ0) is 10.7. The number of ether oxygens (including phenoxy) is 1. The molecule has 1 aromatic rings. The molecule has 2 N–H and O–H groups in total. The lowest BCUT2D eigenvalue weighted by atomic mass is 10.2. The van der Waals surface area contributed by atoms with Crippen LogP contribution in [0.25, 0.3) is 0 Å². The zero-order valence-electron chi connectivity index (χ0n) is 8.22. The number of aromatic nitrogens is 2. The van der Waals surface area contributed by atoms with Gasteiger partial charge in [0.25, 0.3) is 5.91 Å². The maximum atomic E-state index is 11.9. The van der Waals surface area contributed by atoms with E-state index in [1.807, 2.05) is 0 Å². The minimum atomic E-state index is -0.249. The van der Waals surface area contributed by atoms with Crippen LogP contribution in [0.5, 0.6) is 0 Å². The van der Waals surface area contributed by atoms with Gasteiger partial charge in [-0.05, 0) is 0 Å². The Balaban J connectivity index is 2.11. The van der Waals surface area contributed by atoms with Crippen LogP contribution in [0.3, 0.4) is 0 Å². The molecule has 1 saturated heterocycles. The van der Waals surface area contributed by atoms with Crippen molar-refractivity contribution in [2.75, 3.05) is 26.4 Å². The second-order valence-corrected chi connectivity index (χ2v) is 3.40. The third-order valence-corrected chi connectivity index (χ3v) is 2.44. The summed E-state index contributed by atoms with van der Waals surface area (Å²) in [6, 6.07) is -0.249. The van der Waals surface area contributed by atoms with Crippen molar-refractivity contribution in [2.45, 2.75) is 6.04 Å². The summed E-state index contributed by atoms with van der Waals surface area (Å²) in [6.07, 6.45) is 3.03. The van der Waals surface area contributed by atoms with E-state index in [0.717, 1.165) is 0 Å². The van der Waals surface area contributed by atoms with Crippen LogP contribution in [0.15, 0.2) is 12.4 Å². The molecule has 2 rings (SSSR count). The van der Waals surface area contributed by atoms with E-state index in [-0.39, 0.29) is 18.6 Å². The molecule has 82 valence electrons. The number of hydrogen-bond donors (Lipinski definition) is 2. The molecule has 1 fully saturated rings. The number of aliphatic hydroxyl groups is 1. The van der Waals surface area contributed by atoms with Crippen LogP contribution in [0.2, 0.25) is 0 Å². The van der Waals surface area contributed by atoms with Gasteiger partial charge < -0.3 is 14.7 Å². The van der Waals surface area contributed by atoms with Crippen LogP contribution in [0.4, 0.5) is 0 Å². The Hall–Kier alpha value is -1.40. The van der Waals surface area contributed by atoms with Crippen molar-refractivity contribution in [3.05, 3.63) is 18.0 Å². The number of hydrogen-bond acceptors (Lipinski definition) is 4. The molecule has 1 aromatic heterocycles. The van der Waals surface area contributed by atoms with Gasteiger partial charge in [0.1, 0.15) is 0 Å². The average molecular weight is 211 g/mol. The summed E-state index contributed by atoms with van der Waals surface area (Å²) in [6.45, 7) is 1.33. The molecule has 0 radical (unpaired) electrons. The lowest BCUT2D eigenvalue weighted by Gasteiger charge is -2.34. The highest BCUT2D eigenvalue weighted by atomic mass is 16.5. The molecule has 0 aliphatic carbocycles. The fraction of sp³-hybridized carbons (Fsp3) is 0.556. The van der Waals surface area contributed by atoms with E-state index in [0.29, 0.717) is 25.3 Å². The second kappa shape index (κ2) is 4.41. The quantitative estimate of drug-likeness (QED) is 0.674. The minimum Gasteiger partial charge on any atom is -0.394 e. The van der Waals surface area contributed by atoms with E-state index in [1.54, 1.807) is 11.1 Å². The molecule has 2 heterocycles. The summed E-state index contributed by atoms with van der Waals surface area (Å²) in [4.78, 5) is 13.5. The molecule has 1 aliphatic heterocycles. The highest BCUT2D eigenvalue weighted by molar-refractivity contribution is 5.94.